The van der Waals surface area contributed by atoms with E-state index in [0.29, 0.717) is 30.3 Å². The molecule has 0 radical (unpaired) electrons. The van der Waals surface area contributed by atoms with Crippen LogP contribution in [0.5, 0.6) is 11.5 Å². The summed E-state index contributed by atoms with van der Waals surface area (Å²) in [6.45, 7) is 1.35. The van der Waals surface area contributed by atoms with Crippen molar-refractivity contribution in [1.29, 1.82) is 0 Å². The standard InChI is InChI=1S/C14H18N4O3/c1-20-11-4-3-10(9-12(11)21-2)15-13(19)18-7-5-14(6-8-18)16-17-14/h3-4,9H,5-8H2,1-2H3,(H,15,19). The van der Waals surface area contributed by atoms with Crippen molar-refractivity contribution < 1.29 is 14.3 Å². The lowest BCUT2D eigenvalue weighted by atomic mass is 10.0. The smallest absolute Gasteiger partial charge is 0.321 e. The van der Waals surface area contributed by atoms with E-state index in [4.69, 9.17) is 9.47 Å². The SMILES string of the molecule is COc1ccc(NC(=O)N2CCC3(CC2)N=N3)cc1OC. The lowest BCUT2D eigenvalue weighted by Gasteiger charge is -2.29. The number of hydrogen-bond acceptors (Lipinski definition) is 5. The van der Waals surface area contributed by atoms with Gasteiger partial charge in [0.25, 0.3) is 0 Å². The minimum absolute atomic E-state index is 0.113. The number of methoxy groups -OCH3 is 2. The van der Waals surface area contributed by atoms with E-state index >= 15 is 0 Å². The molecule has 3 rings (SSSR count). The highest BCUT2D eigenvalue weighted by Gasteiger charge is 2.43. The molecule has 1 spiro atoms. The fraction of sp³-hybridized carbons (Fsp3) is 0.500. The van der Waals surface area contributed by atoms with Crippen molar-refractivity contribution in [3.63, 3.8) is 0 Å². The summed E-state index contributed by atoms with van der Waals surface area (Å²) in [6.07, 6.45) is 1.62. The lowest BCUT2D eigenvalue weighted by molar-refractivity contribution is 0.189. The number of likely N-dealkylation sites (tertiary alicyclic amines) is 1. The molecule has 0 unspecified atom stereocenters. The average Bonchev–Trinajstić information content (AvgIpc) is 3.27. The van der Waals surface area contributed by atoms with Gasteiger partial charge in [-0.2, -0.15) is 10.2 Å². The molecule has 1 aromatic carbocycles. The predicted molar refractivity (Wildman–Crippen MR) is 77.0 cm³/mol. The van der Waals surface area contributed by atoms with E-state index < -0.39 is 0 Å². The largest absolute Gasteiger partial charge is 0.493 e. The van der Waals surface area contributed by atoms with Gasteiger partial charge in [0.05, 0.1) is 14.2 Å². The molecular formula is C14H18N4O3. The summed E-state index contributed by atoms with van der Waals surface area (Å²) in [5.41, 5.74) is 0.513. The van der Waals surface area contributed by atoms with Gasteiger partial charge in [0.2, 0.25) is 0 Å². The van der Waals surface area contributed by atoms with Crippen LogP contribution in [0, 0.1) is 0 Å². The molecule has 1 saturated heterocycles. The molecular weight excluding hydrogens is 272 g/mol. The van der Waals surface area contributed by atoms with Crippen molar-refractivity contribution in [2.24, 2.45) is 10.2 Å². The Morgan fingerprint density at radius 3 is 2.43 bits per heavy atom. The topological polar surface area (TPSA) is 75.5 Å². The Kier molecular flexibility index (Phi) is 3.40. The van der Waals surface area contributed by atoms with Crippen LogP contribution in [0.25, 0.3) is 0 Å². The number of amides is 2. The minimum atomic E-state index is -0.167. The van der Waals surface area contributed by atoms with Gasteiger partial charge >= 0.3 is 6.03 Å². The maximum atomic E-state index is 12.2. The van der Waals surface area contributed by atoms with Gasteiger partial charge in [0, 0.05) is 37.7 Å². The molecule has 0 aliphatic carbocycles. The Morgan fingerprint density at radius 2 is 1.86 bits per heavy atom. The summed E-state index contributed by atoms with van der Waals surface area (Å²) in [5.74, 6) is 1.22. The zero-order chi connectivity index (χ0) is 14.9. The third-order valence-corrected chi connectivity index (χ3v) is 3.87. The lowest BCUT2D eigenvalue weighted by Crippen LogP contribution is -2.43. The normalized spacial score (nSPS) is 18.5. The third-order valence-electron chi connectivity index (χ3n) is 3.87. The molecule has 2 heterocycles. The molecule has 0 atom stereocenters. The van der Waals surface area contributed by atoms with Crippen LogP contribution in [0.4, 0.5) is 10.5 Å². The fourth-order valence-electron chi connectivity index (χ4n) is 2.46. The maximum Gasteiger partial charge on any atom is 0.321 e. The summed E-state index contributed by atoms with van der Waals surface area (Å²) in [5, 5.41) is 11.0. The van der Waals surface area contributed by atoms with E-state index in [1.165, 1.54) is 0 Å². The van der Waals surface area contributed by atoms with Gasteiger partial charge in [0.1, 0.15) is 0 Å². The molecule has 2 aliphatic heterocycles. The Bertz CT molecular complexity index is 572. The van der Waals surface area contributed by atoms with Crippen LogP contribution in [-0.2, 0) is 0 Å². The van der Waals surface area contributed by atoms with Crippen molar-refractivity contribution in [3.05, 3.63) is 18.2 Å². The Balaban J connectivity index is 1.61. The molecule has 2 amide bonds. The molecule has 1 N–H and O–H groups in total. The first-order valence-corrected chi connectivity index (χ1v) is 6.88. The van der Waals surface area contributed by atoms with Gasteiger partial charge in [0.15, 0.2) is 17.2 Å². The third kappa shape index (κ3) is 2.76. The molecule has 7 heteroatoms. The summed E-state index contributed by atoms with van der Waals surface area (Å²) < 4.78 is 10.4. The van der Waals surface area contributed by atoms with Crippen LogP contribution in [0.1, 0.15) is 12.8 Å². The van der Waals surface area contributed by atoms with Crippen molar-refractivity contribution >= 4 is 11.7 Å². The molecule has 2 aliphatic rings. The van der Waals surface area contributed by atoms with Gasteiger partial charge in [-0.15, -0.1) is 0 Å². The number of nitrogens with zero attached hydrogens (tertiary/aromatic N) is 3. The molecule has 0 aromatic heterocycles. The zero-order valence-corrected chi connectivity index (χ0v) is 12.1. The molecule has 1 fully saturated rings. The number of carbonyl (C=O) groups is 1. The quantitative estimate of drug-likeness (QED) is 0.929. The fourth-order valence-corrected chi connectivity index (χ4v) is 2.46. The summed E-state index contributed by atoms with van der Waals surface area (Å²) in [6, 6.07) is 5.18. The van der Waals surface area contributed by atoms with E-state index in [-0.39, 0.29) is 11.7 Å². The number of hydrogen-bond donors (Lipinski definition) is 1. The van der Waals surface area contributed by atoms with Crippen molar-refractivity contribution in [1.82, 2.24) is 4.90 Å². The highest BCUT2D eigenvalue weighted by atomic mass is 16.5. The first-order chi connectivity index (χ1) is 10.2. The van der Waals surface area contributed by atoms with Crippen molar-refractivity contribution in [2.75, 3.05) is 32.6 Å². The zero-order valence-electron chi connectivity index (χ0n) is 12.1. The summed E-state index contributed by atoms with van der Waals surface area (Å²) in [7, 11) is 3.14. The molecule has 0 bridgehead atoms. The van der Waals surface area contributed by atoms with E-state index in [2.05, 4.69) is 15.5 Å². The first-order valence-electron chi connectivity index (χ1n) is 6.88. The number of rotatable bonds is 3. The Hall–Kier alpha value is -2.31. The number of anilines is 1. The number of urea groups is 1. The van der Waals surface area contributed by atoms with Gasteiger partial charge in [-0.1, -0.05) is 0 Å². The van der Waals surface area contributed by atoms with Gasteiger partial charge in [-0.3, -0.25) is 0 Å². The number of nitrogens with one attached hydrogen (secondary N) is 1. The summed E-state index contributed by atoms with van der Waals surface area (Å²) >= 11 is 0. The number of piperidine rings is 1. The van der Waals surface area contributed by atoms with E-state index in [9.17, 15) is 4.79 Å². The second-order valence-electron chi connectivity index (χ2n) is 5.17. The average molecular weight is 290 g/mol. The van der Waals surface area contributed by atoms with Crippen LogP contribution >= 0.6 is 0 Å². The minimum Gasteiger partial charge on any atom is -0.493 e. The highest BCUT2D eigenvalue weighted by Crippen LogP contribution is 2.38. The molecule has 21 heavy (non-hydrogen) atoms. The van der Waals surface area contributed by atoms with Crippen LogP contribution in [0.2, 0.25) is 0 Å². The van der Waals surface area contributed by atoms with Crippen molar-refractivity contribution in [2.45, 2.75) is 18.5 Å². The predicted octanol–water partition coefficient (Wildman–Crippen LogP) is 2.49. The van der Waals surface area contributed by atoms with Crippen LogP contribution in [0.3, 0.4) is 0 Å². The first kappa shape index (κ1) is 13.7. The second kappa shape index (κ2) is 5.23. The van der Waals surface area contributed by atoms with Crippen LogP contribution in [0.15, 0.2) is 28.4 Å². The Morgan fingerprint density at radius 1 is 1.19 bits per heavy atom. The van der Waals surface area contributed by atoms with Crippen LogP contribution < -0.4 is 14.8 Å². The molecule has 7 nitrogen and oxygen atoms in total. The molecule has 1 aromatic rings. The van der Waals surface area contributed by atoms with Crippen molar-refractivity contribution in [3.8, 4) is 11.5 Å². The van der Waals surface area contributed by atoms with Gasteiger partial charge in [-0.05, 0) is 12.1 Å². The number of ether oxygens (including phenoxy) is 2. The number of carbonyl (C=O) groups excluding carboxylic acids is 1. The summed E-state index contributed by atoms with van der Waals surface area (Å²) in [4.78, 5) is 14.0. The number of benzene rings is 1. The highest BCUT2D eigenvalue weighted by molar-refractivity contribution is 5.89. The second-order valence-corrected chi connectivity index (χ2v) is 5.17. The van der Waals surface area contributed by atoms with E-state index in [1.807, 2.05) is 0 Å². The van der Waals surface area contributed by atoms with Gasteiger partial charge < -0.3 is 19.7 Å². The van der Waals surface area contributed by atoms with E-state index in [0.717, 1.165) is 12.8 Å². The Labute approximate surface area is 122 Å². The van der Waals surface area contributed by atoms with Crippen LogP contribution in [-0.4, -0.2) is 43.9 Å². The maximum absolute atomic E-state index is 12.2. The molecule has 112 valence electrons. The van der Waals surface area contributed by atoms with Gasteiger partial charge in [-0.25, -0.2) is 4.79 Å². The monoisotopic (exact) mass is 290 g/mol. The van der Waals surface area contributed by atoms with E-state index in [1.54, 1.807) is 37.3 Å². The molecule has 0 saturated carbocycles.